The SMILES string of the molecule is O=c1ccncn1CCNc1ccc(Br)cc1. The summed E-state index contributed by atoms with van der Waals surface area (Å²) in [6.07, 6.45) is 3.05. The van der Waals surface area contributed by atoms with Gasteiger partial charge in [0.15, 0.2) is 0 Å². The second-order valence-electron chi connectivity index (χ2n) is 3.55. The number of halogens is 1. The van der Waals surface area contributed by atoms with Gasteiger partial charge in [0.1, 0.15) is 0 Å². The molecular formula is C12H12BrN3O. The molecule has 4 nitrogen and oxygen atoms in total. The highest BCUT2D eigenvalue weighted by molar-refractivity contribution is 9.10. The smallest absolute Gasteiger partial charge is 0.253 e. The predicted octanol–water partition coefficient (Wildman–Crippen LogP) is 2.12. The van der Waals surface area contributed by atoms with E-state index >= 15 is 0 Å². The molecule has 0 aliphatic heterocycles. The zero-order valence-corrected chi connectivity index (χ0v) is 10.7. The van der Waals surface area contributed by atoms with Gasteiger partial charge < -0.3 is 5.32 Å². The molecule has 2 rings (SSSR count). The summed E-state index contributed by atoms with van der Waals surface area (Å²) in [6, 6.07) is 9.36. The summed E-state index contributed by atoms with van der Waals surface area (Å²) in [4.78, 5) is 15.3. The van der Waals surface area contributed by atoms with Crippen LogP contribution in [0.15, 0.2) is 52.1 Å². The van der Waals surface area contributed by atoms with E-state index < -0.39 is 0 Å². The molecule has 0 aliphatic rings. The number of nitrogens with one attached hydrogen (secondary N) is 1. The Balaban J connectivity index is 1.90. The van der Waals surface area contributed by atoms with Crippen molar-refractivity contribution in [2.45, 2.75) is 6.54 Å². The van der Waals surface area contributed by atoms with Crippen molar-refractivity contribution in [1.82, 2.24) is 9.55 Å². The molecule has 1 aromatic heterocycles. The van der Waals surface area contributed by atoms with E-state index in [0.717, 1.165) is 10.2 Å². The quantitative estimate of drug-likeness (QED) is 0.939. The minimum atomic E-state index is -0.0300. The molecule has 0 atom stereocenters. The van der Waals surface area contributed by atoms with Gasteiger partial charge in [-0.15, -0.1) is 0 Å². The molecule has 5 heteroatoms. The molecule has 0 amide bonds. The van der Waals surface area contributed by atoms with Crippen LogP contribution in [0.5, 0.6) is 0 Å². The third kappa shape index (κ3) is 3.42. The largest absolute Gasteiger partial charge is 0.383 e. The van der Waals surface area contributed by atoms with E-state index in [2.05, 4.69) is 26.2 Å². The predicted molar refractivity (Wildman–Crippen MR) is 71.1 cm³/mol. The summed E-state index contributed by atoms with van der Waals surface area (Å²) >= 11 is 3.38. The molecule has 0 radical (unpaired) electrons. The van der Waals surface area contributed by atoms with E-state index in [9.17, 15) is 4.79 Å². The Labute approximate surface area is 107 Å². The van der Waals surface area contributed by atoms with E-state index in [-0.39, 0.29) is 5.56 Å². The highest BCUT2D eigenvalue weighted by Gasteiger charge is 1.95. The summed E-state index contributed by atoms with van der Waals surface area (Å²) in [5.41, 5.74) is 1.00. The molecular weight excluding hydrogens is 282 g/mol. The standard InChI is InChI=1S/C12H12BrN3O/c13-10-1-3-11(4-2-10)15-7-8-16-9-14-6-5-12(16)17/h1-6,9,15H,7-8H2. The van der Waals surface area contributed by atoms with Gasteiger partial charge in [-0.3, -0.25) is 9.36 Å². The molecule has 0 saturated heterocycles. The Morgan fingerprint density at radius 3 is 2.71 bits per heavy atom. The van der Waals surface area contributed by atoms with Crippen molar-refractivity contribution in [2.75, 3.05) is 11.9 Å². The van der Waals surface area contributed by atoms with E-state index in [1.165, 1.54) is 12.3 Å². The number of benzene rings is 1. The summed E-state index contributed by atoms with van der Waals surface area (Å²) in [7, 11) is 0. The first-order valence-corrected chi connectivity index (χ1v) is 6.05. The highest BCUT2D eigenvalue weighted by Crippen LogP contribution is 2.13. The van der Waals surface area contributed by atoms with Crippen LogP contribution in [-0.2, 0) is 6.54 Å². The van der Waals surface area contributed by atoms with Crippen molar-refractivity contribution < 1.29 is 0 Å². The molecule has 17 heavy (non-hydrogen) atoms. The molecule has 1 aromatic carbocycles. The Kier molecular flexibility index (Phi) is 3.93. The van der Waals surface area contributed by atoms with Crippen LogP contribution in [-0.4, -0.2) is 16.1 Å². The topological polar surface area (TPSA) is 46.9 Å². The fourth-order valence-corrected chi connectivity index (χ4v) is 1.70. The first-order chi connectivity index (χ1) is 8.25. The Hall–Kier alpha value is -1.62. The van der Waals surface area contributed by atoms with Crippen LogP contribution < -0.4 is 10.9 Å². The van der Waals surface area contributed by atoms with Gasteiger partial charge >= 0.3 is 0 Å². The minimum Gasteiger partial charge on any atom is -0.383 e. The monoisotopic (exact) mass is 293 g/mol. The van der Waals surface area contributed by atoms with Crippen molar-refractivity contribution in [3.05, 3.63) is 57.7 Å². The van der Waals surface area contributed by atoms with Gasteiger partial charge in [0.2, 0.25) is 0 Å². The van der Waals surface area contributed by atoms with Gasteiger partial charge in [0, 0.05) is 35.5 Å². The maximum atomic E-state index is 11.4. The Morgan fingerprint density at radius 1 is 1.24 bits per heavy atom. The van der Waals surface area contributed by atoms with Crippen molar-refractivity contribution in [3.63, 3.8) is 0 Å². The minimum absolute atomic E-state index is 0.0300. The fourth-order valence-electron chi connectivity index (χ4n) is 1.43. The van der Waals surface area contributed by atoms with Gasteiger partial charge in [-0.05, 0) is 24.3 Å². The van der Waals surface area contributed by atoms with E-state index in [1.807, 2.05) is 24.3 Å². The van der Waals surface area contributed by atoms with Crippen molar-refractivity contribution in [1.29, 1.82) is 0 Å². The lowest BCUT2D eigenvalue weighted by Gasteiger charge is -2.07. The fraction of sp³-hybridized carbons (Fsp3) is 0.167. The highest BCUT2D eigenvalue weighted by atomic mass is 79.9. The van der Waals surface area contributed by atoms with E-state index in [4.69, 9.17) is 0 Å². The van der Waals surface area contributed by atoms with Crippen molar-refractivity contribution >= 4 is 21.6 Å². The van der Waals surface area contributed by atoms with Crippen LogP contribution in [0.2, 0.25) is 0 Å². The maximum Gasteiger partial charge on any atom is 0.253 e. The number of aromatic nitrogens is 2. The Morgan fingerprint density at radius 2 is 2.00 bits per heavy atom. The number of rotatable bonds is 4. The normalized spacial score (nSPS) is 10.2. The lowest BCUT2D eigenvalue weighted by molar-refractivity contribution is 0.680. The second-order valence-corrected chi connectivity index (χ2v) is 4.46. The molecule has 2 aromatic rings. The van der Waals surface area contributed by atoms with Crippen molar-refractivity contribution in [3.8, 4) is 0 Å². The van der Waals surface area contributed by atoms with Crippen LogP contribution in [0, 0.1) is 0 Å². The second kappa shape index (κ2) is 5.63. The zero-order valence-electron chi connectivity index (χ0n) is 9.14. The van der Waals surface area contributed by atoms with Gasteiger partial charge in [0.05, 0.1) is 6.33 Å². The van der Waals surface area contributed by atoms with Crippen LogP contribution in [0.1, 0.15) is 0 Å². The van der Waals surface area contributed by atoms with Crippen LogP contribution >= 0.6 is 15.9 Å². The first-order valence-electron chi connectivity index (χ1n) is 5.25. The summed E-state index contributed by atoms with van der Waals surface area (Å²) in [5, 5.41) is 3.24. The van der Waals surface area contributed by atoms with Gasteiger partial charge in [-0.1, -0.05) is 15.9 Å². The number of hydrogen-bond donors (Lipinski definition) is 1. The van der Waals surface area contributed by atoms with Gasteiger partial charge in [-0.25, -0.2) is 4.98 Å². The third-order valence-electron chi connectivity index (χ3n) is 2.32. The summed E-state index contributed by atoms with van der Waals surface area (Å²) in [6.45, 7) is 1.29. The van der Waals surface area contributed by atoms with Crippen molar-refractivity contribution in [2.24, 2.45) is 0 Å². The first kappa shape index (κ1) is 11.9. The van der Waals surface area contributed by atoms with Gasteiger partial charge in [0.25, 0.3) is 5.56 Å². The average Bonchev–Trinajstić information content (AvgIpc) is 2.34. The van der Waals surface area contributed by atoms with E-state index in [1.54, 1.807) is 10.9 Å². The molecule has 88 valence electrons. The van der Waals surface area contributed by atoms with Crippen LogP contribution in [0.4, 0.5) is 5.69 Å². The number of nitrogens with zero attached hydrogens (tertiary/aromatic N) is 2. The van der Waals surface area contributed by atoms with Crippen LogP contribution in [0.25, 0.3) is 0 Å². The molecule has 0 aliphatic carbocycles. The molecule has 0 unspecified atom stereocenters. The third-order valence-corrected chi connectivity index (χ3v) is 2.85. The molecule has 0 bridgehead atoms. The lowest BCUT2D eigenvalue weighted by atomic mass is 10.3. The molecule has 0 saturated carbocycles. The van der Waals surface area contributed by atoms with E-state index in [0.29, 0.717) is 13.1 Å². The summed E-state index contributed by atoms with van der Waals surface area (Å²) in [5.74, 6) is 0. The zero-order chi connectivity index (χ0) is 12.1. The Bertz CT molecular complexity index is 536. The molecule has 0 fully saturated rings. The van der Waals surface area contributed by atoms with Gasteiger partial charge in [-0.2, -0.15) is 0 Å². The number of anilines is 1. The maximum absolute atomic E-state index is 11.4. The number of hydrogen-bond acceptors (Lipinski definition) is 3. The molecule has 1 N–H and O–H groups in total. The summed E-state index contributed by atoms with van der Waals surface area (Å²) < 4.78 is 2.62. The molecule has 1 heterocycles. The average molecular weight is 294 g/mol. The van der Waals surface area contributed by atoms with Crippen LogP contribution in [0.3, 0.4) is 0 Å². The molecule has 0 spiro atoms. The lowest BCUT2D eigenvalue weighted by Crippen LogP contribution is -2.22.